The van der Waals surface area contributed by atoms with Crippen molar-refractivity contribution in [1.29, 1.82) is 0 Å². The Morgan fingerprint density at radius 2 is 1.96 bits per heavy atom. The van der Waals surface area contributed by atoms with Crippen molar-refractivity contribution >= 4 is 17.4 Å². The van der Waals surface area contributed by atoms with Gasteiger partial charge in [0.25, 0.3) is 11.7 Å². The van der Waals surface area contributed by atoms with E-state index in [-0.39, 0.29) is 24.5 Å². The lowest BCUT2D eigenvalue weighted by molar-refractivity contribution is -0.140. The molecular formula is C21H22N2O5. The largest absolute Gasteiger partial charge is 0.507 e. The number of aliphatic hydroxyl groups is 1. The molecule has 1 amide bonds. The molecule has 3 rings (SSSR count). The molecule has 1 aliphatic heterocycles. The van der Waals surface area contributed by atoms with E-state index in [1.165, 1.54) is 12.0 Å². The van der Waals surface area contributed by atoms with Crippen LogP contribution in [-0.4, -0.2) is 53.5 Å². The Labute approximate surface area is 163 Å². The van der Waals surface area contributed by atoms with Gasteiger partial charge in [-0.15, -0.1) is 0 Å². The van der Waals surface area contributed by atoms with Crippen LogP contribution in [0.1, 0.15) is 24.1 Å². The molecule has 1 aliphatic rings. The van der Waals surface area contributed by atoms with Crippen molar-refractivity contribution in [3.63, 3.8) is 0 Å². The summed E-state index contributed by atoms with van der Waals surface area (Å²) < 4.78 is 10.6. The lowest BCUT2D eigenvalue weighted by Gasteiger charge is -2.24. The molecule has 146 valence electrons. The van der Waals surface area contributed by atoms with E-state index in [2.05, 4.69) is 4.98 Å². The maximum Gasteiger partial charge on any atom is 0.295 e. The minimum atomic E-state index is -0.725. The van der Waals surface area contributed by atoms with Gasteiger partial charge in [-0.05, 0) is 36.8 Å². The number of methoxy groups -OCH3 is 1. The van der Waals surface area contributed by atoms with Gasteiger partial charge >= 0.3 is 0 Å². The van der Waals surface area contributed by atoms with E-state index in [0.29, 0.717) is 23.5 Å². The minimum absolute atomic E-state index is 0.0425. The second kappa shape index (κ2) is 8.67. The number of carbonyl (C=O) groups is 2. The van der Waals surface area contributed by atoms with Crippen LogP contribution in [0.4, 0.5) is 0 Å². The van der Waals surface area contributed by atoms with Crippen LogP contribution < -0.4 is 4.74 Å². The molecule has 1 saturated heterocycles. The van der Waals surface area contributed by atoms with Crippen molar-refractivity contribution in [2.24, 2.45) is 0 Å². The second-order valence-corrected chi connectivity index (χ2v) is 6.23. The first-order chi connectivity index (χ1) is 13.6. The van der Waals surface area contributed by atoms with E-state index < -0.39 is 17.7 Å². The van der Waals surface area contributed by atoms with Crippen LogP contribution in [0.15, 0.2) is 54.4 Å². The molecule has 2 heterocycles. The fraction of sp³-hybridized carbons (Fsp3) is 0.286. The lowest BCUT2D eigenvalue weighted by atomic mass is 9.96. The summed E-state index contributed by atoms with van der Waals surface area (Å²) in [7, 11) is 1.53. The van der Waals surface area contributed by atoms with Crippen LogP contribution in [0.25, 0.3) is 5.76 Å². The van der Waals surface area contributed by atoms with E-state index in [1.807, 2.05) is 6.92 Å². The normalized spacial score (nSPS) is 18.5. The molecule has 1 atom stereocenters. The number of hydrogen-bond donors (Lipinski definition) is 1. The van der Waals surface area contributed by atoms with Crippen molar-refractivity contribution < 1.29 is 24.2 Å². The third-order valence-corrected chi connectivity index (χ3v) is 4.52. The maximum atomic E-state index is 12.8. The van der Waals surface area contributed by atoms with Gasteiger partial charge in [-0.1, -0.05) is 12.1 Å². The SMILES string of the molecule is CCOc1cccc(C(O)=C2C(=O)C(=O)N(CCOC)[C@@H]2c2ccncc2)c1. The molecule has 2 aromatic rings. The zero-order chi connectivity index (χ0) is 20.1. The number of ketones is 1. The van der Waals surface area contributed by atoms with Crippen molar-refractivity contribution in [1.82, 2.24) is 9.88 Å². The van der Waals surface area contributed by atoms with Crippen LogP contribution in [0.2, 0.25) is 0 Å². The Balaban J connectivity index is 2.12. The first kappa shape index (κ1) is 19.6. The fourth-order valence-electron chi connectivity index (χ4n) is 3.25. The summed E-state index contributed by atoms with van der Waals surface area (Å²) in [6.45, 7) is 2.83. The number of ether oxygens (including phenoxy) is 2. The standard InChI is InChI=1S/C21H22N2O5/c1-3-28-16-6-4-5-15(13-16)19(24)17-18(14-7-9-22-10-8-14)23(11-12-27-2)21(26)20(17)25/h4-10,13,18,24H,3,11-12H2,1-2H3/t18-/m1/s1. The van der Waals surface area contributed by atoms with Crippen LogP contribution in [0, 0.1) is 0 Å². The maximum absolute atomic E-state index is 12.8. The summed E-state index contributed by atoms with van der Waals surface area (Å²) in [6.07, 6.45) is 3.17. The number of nitrogens with zero attached hydrogens (tertiary/aromatic N) is 2. The molecule has 1 aromatic heterocycles. The minimum Gasteiger partial charge on any atom is -0.507 e. The molecule has 1 N–H and O–H groups in total. The molecule has 28 heavy (non-hydrogen) atoms. The number of amides is 1. The first-order valence-electron chi connectivity index (χ1n) is 8.99. The molecule has 0 aliphatic carbocycles. The summed E-state index contributed by atoms with van der Waals surface area (Å²) >= 11 is 0. The monoisotopic (exact) mass is 382 g/mol. The topological polar surface area (TPSA) is 89.0 Å². The molecule has 0 bridgehead atoms. The molecular weight excluding hydrogens is 360 g/mol. The summed E-state index contributed by atoms with van der Waals surface area (Å²) in [4.78, 5) is 30.8. The Morgan fingerprint density at radius 3 is 2.64 bits per heavy atom. The van der Waals surface area contributed by atoms with Crippen LogP contribution >= 0.6 is 0 Å². The Hall–Kier alpha value is -3.19. The predicted molar refractivity (Wildman–Crippen MR) is 103 cm³/mol. The van der Waals surface area contributed by atoms with E-state index >= 15 is 0 Å². The van der Waals surface area contributed by atoms with E-state index in [0.717, 1.165) is 0 Å². The van der Waals surface area contributed by atoms with Crippen molar-refractivity contribution in [3.8, 4) is 5.75 Å². The summed E-state index contributed by atoms with van der Waals surface area (Å²) in [6, 6.07) is 9.53. The Morgan fingerprint density at radius 1 is 1.21 bits per heavy atom. The highest BCUT2D eigenvalue weighted by atomic mass is 16.5. The average Bonchev–Trinajstić information content (AvgIpc) is 2.97. The van der Waals surface area contributed by atoms with Gasteiger partial charge in [-0.3, -0.25) is 14.6 Å². The van der Waals surface area contributed by atoms with E-state index in [4.69, 9.17) is 9.47 Å². The number of likely N-dealkylation sites (tertiary alicyclic amines) is 1. The third kappa shape index (κ3) is 3.75. The van der Waals surface area contributed by atoms with Crippen LogP contribution in [-0.2, 0) is 14.3 Å². The van der Waals surface area contributed by atoms with E-state index in [9.17, 15) is 14.7 Å². The number of aliphatic hydroxyl groups excluding tert-OH is 1. The number of hydrogen-bond acceptors (Lipinski definition) is 6. The second-order valence-electron chi connectivity index (χ2n) is 6.23. The predicted octanol–water partition coefficient (Wildman–Crippen LogP) is 2.55. The van der Waals surface area contributed by atoms with Gasteiger partial charge in [0, 0.05) is 31.6 Å². The molecule has 0 saturated carbocycles. The number of pyridine rings is 1. The Kier molecular flexibility index (Phi) is 6.06. The van der Waals surface area contributed by atoms with Crippen LogP contribution in [0.5, 0.6) is 5.75 Å². The molecule has 7 nitrogen and oxygen atoms in total. The molecule has 1 fully saturated rings. The fourth-order valence-corrected chi connectivity index (χ4v) is 3.25. The highest BCUT2D eigenvalue weighted by molar-refractivity contribution is 6.46. The summed E-state index contributed by atoms with van der Waals surface area (Å²) in [5.74, 6) is -1.05. The van der Waals surface area contributed by atoms with Gasteiger partial charge in [0.1, 0.15) is 11.5 Å². The molecule has 0 spiro atoms. The van der Waals surface area contributed by atoms with Crippen molar-refractivity contribution in [2.75, 3.05) is 26.9 Å². The molecule has 0 radical (unpaired) electrons. The van der Waals surface area contributed by atoms with Gasteiger partial charge in [-0.25, -0.2) is 0 Å². The molecule has 1 aromatic carbocycles. The number of benzene rings is 1. The average molecular weight is 382 g/mol. The number of aromatic nitrogens is 1. The molecule has 0 unspecified atom stereocenters. The smallest absolute Gasteiger partial charge is 0.295 e. The zero-order valence-electron chi connectivity index (χ0n) is 15.8. The number of carbonyl (C=O) groups excluding carboxylic acids is 2. The quantitative estimate of drug-likeness (QED) is 0.450. The van der Waals surface area contributed by atoms with Gasteiger partial charge in [-0.2, -0.15) is 0 Å². The summed E-state index contributed by atoms with van der Waals surface area (Å²) in [5.41, 5.74) is 1.14. The first-order valence-corrected chi connectivity index (χ1v) is 8.99. The van der Waals surface area contributed by atoms with Gasteiger partial charge < -0.3 is 19.5 Å². The highest BCUT2D eigenvalue weighted by Gasteiger charge is 2.45. The number of rotatable bonds is 7. The summed E-state index contributed by atoms with van der Waals surface area (Å²) in [5, 5.41) is 11.0. The van der Waals surface area contributed by atoms with Gasteiger partial charge in [0.15, 0.2) is 0 Å². The zero-order valence-corrected chi connectivity index (χ0v) is 15.8. The third-order valence-electron chi connectivity index (χ3n) is 4.52. The number of Topliss-reactive ketones (excluding diaryl/α,β-unsaturated/α-hetero) is 1. The van der Waals surface area contributed by atoms with E-state index in [1.54, 1.807) is 48.8 Å². The van der Waals surface area contributed by atoms with Gasteiger partial charge in [0.05, 0.1) is 24.8 Å². The van der Waals surface area contributed by atoms with Crippen molar-refractivity contribution in [3.05, 3.63) is 65.5 Å². The van der Waals surface area contributed by atoms with Crippen molar-refractivity contribution in [2.45, 2.75) is 13.0 Å². The lowest BCUT2D eigenvalue weighted by Crippen LogP contribution is -2.32. The molecule has 7 heteroatoms. The Bertz CT molecular complexity index is 895. The highest BCUT2D eigenvalue weighted by Crippen LogP contribution is 2.39. The van der Waals surface area contributed by atoms with Crippen LogP contribution in [0.3, 0.4) is 0 Å². The van der Waals surface area contributed by atoms with Gasteiger partial charge in [0.2, 0.25) is 0 Å².